The smallest absolute Gasteiger partial charge is 1.00 e. The molecule has 1 atom stereocenters. The molecule has 0 spiro atoms. The molecule has 0 aromatic heterocycles. The van der Waals surface area contributed by atoms with E-state index in [4.69, 9.17) is 0 Å². The number of benzene rings is 2. The Kier molecular flexibility index (Phi) is 9.41. The summed E-state index contributed by atoms with van der Waals surface area (Å²) in [5.41, 5.74) is 3.09. The second kappa shape index (κ2) is 10.8. The van der Waals surface area contributed by atoms with Crippen molar-refractivity contribution >= 4 is 14.1 Å². The van der Waals surface area contributed by atoms with Crippen LogP contribution in [0.25, 0.3) is 0 Å². The summed E-state index contributed by atoms with van der Waals surface area (Å²) >= 11 is 0. The van der Waals surface area contributed by atoms with E-state index in [2.05, 4.69) is 0 Å². The minimum absolute atomic E-state index is 0. The van der Waals surface area contributed by atoms with Crippen molar-refractivity contribution in [2.24, 2.45) is 0 Å². The molecule has 0 N–H and O–H groups in total. The van der Waals surface area contributed by atoms with Crippen molar-refractivity contribution in [2.45, 2.75) is 38.3 Å². The minimum Gasteiger partial charge on any atom is -1.00 e. The van der Waals surface area contributed by atoms with Crippen LogP contribution in [0.3, 0.4) is 0 Å². The van der Waals surface area contributed by atoms with Crippen molar-refractivity contribution in [3.05, 3.63) is 71.8 Å². The van der Waals surface area contributed by atoms with Crippen molar-refractivity contribution < 1.29 is 25.1 Å². The van der Waals surface area contributed by atoms with Crippen LogP contribution in [0.1, 0.15) is 43.0 Å². The number of hydrogen-bond donors (Lipinski definition) is 0. The summed E-state index contributed by atoms with van der Waals surface area (Å²) in [4.78, 5) is 12.0. The number of carbonyl (C=O) groups is 1. The Labute approximate surface area is 149 Å². The standard InChI is InChI=1S/C13H17OP.C6H6.Li.H/c1-10-6-2-5-9-12(10)13(14)15-11-7-3-4-8-11;1-2-4-6-5-3-1;;/h2,5-6,9,11,15H,3-4,7-8H2,1H3;1-6H;;/q;;+1;-1. The van der Waals surface area contributed by atoms with Crippen LogP contribution >= 0.6 is 8.58 Å². The number of rotatable bonds is 3. The van der Waals surface area contributed by atoms with Gasteiger partial charge >= 0.3 is 18.9 Å². The van der Waals surface area contributed by atoms with Crippen molar-refractivity contribution in [3.63, 3.8) is 0 Å². The van der Waals surface area contributed by atoms with Crippen LogP contribution in [0.2, 0.25) is 0 Å². The zero-order chi connectivity index (χ0) is 14.9. The Bertz CT molecular complexity index is 530. The topological polar surface area (TPSA) is 17.1 Å². The predicted molar refractivity (Wildman–Crippen MR) is 93.6 cm³/mol. The fourth-order valence-electron chi connectivity index (χ4n) is 2.55. The molecule has 3 heteroatoms. The Morgan fingerprint density at radius 2 is 1.45 bits per heavy atom. The fraction of sp³-hybridized carbons (Fsp3) is 0.316. The maximum atomic E-state index is 12.0. The monoisotopic (exact) mass is 306 g/mol. The van der Waals surface area contributed by atoms with Gasteiger partial charge in [0.25, 0.3) is 0 Å². The number of aryl methyl sites for hydroxylation is 1. The van der Waals surface area contributed by atoms with E-state index in [1.807, 2.05) is 67.6 Å². The van der Waals surface area contributed by atoms with E-state index in [0.29, 0.717) is 19.8 Å². The average molecular weight is 306 g/mol. The second-order valence-electron chi connectivity index (χ2n) is 5.42. The van der Waals surface area contributed by atoms with E-state index in [1.54, 1.807) is 0 Å². The van der Waals surface area contributed by atoms with Crippen molar-refractivity contribution in [2.75, 3.05) is 0 Å². The third kappa shape index (κ3) is 6.49. The zero-order valence-electron chi connectivity index (χ0n) is 14.6. The molecule has 0 amide bonds. The summed E-state index contributed by atoms with van der Waals surface area (Å²) in [5.74, 6) is 0. The summed E-state index contributed by atoms with van der Waals surface area (Å²) in [6.07, 6.45) is 5.16. The molecule has 1 nitrogen and oxygen atoms in total. The van der Waals surface area contributed by atoms with Crippen LogP contribution in [0.5, 0.6) is 0 Å². The quantitative estimate of drug-likeness (QED) is 0.629. The van der Waals surface area contributed by atoms with Gasteiger partial charge in [-0.15, -0.1) is 0 Å². The molecule has 1 aliphatic rings. The molecule has 1 unspecified atom stereocenters. The molecule has 0 heterocycles. The van der Waals surface area contributed by atoms with Gasteiger partial charge in [-0.3, -0.25) is 4.79 Å². The third-order valence-electron chi connectivity index (χ3n) is 3.75. The molecule has 2 aromatic rings. The number of carbonyl (C=O) groups excluding carboxylic acids is 1. The van der Waals surface area contributed by atoms with E-state index >= 15 is 0 Å². The molecule has 0 aliphatic heterocycles. The first-order valence-electron chi connectivity index (χ1n) is 7.64. The Morgan fingerprint density at radius 1 is 0.955 bits per heavy atom. The summed E-state index contributed by atoms with van der Waals surface area (Å²) in [6, 6.07) is 19.9. The predicted octanol–water partition coefficient (Wildman–Crippen LogP) is 2.56. The van der Waals surface area contributed by atoms with Crippen LogP contribution in [-0.2, 0) is 0 Å². The summed E-state index contributed by atoms with van der Waals surface area (Å²) in [7, 11) is 0.495. The molecule has 22 heavy (non-hydrogen) atoms. The molecular formula is C19H24LiOP. The SMILES string of the molecule is Cc1ccccc1C(=O)PC1CCCC1.[H-].[Li+].c1ccccc1. The van der Waals surface area contributed by atoms with E-state index in [9.17, 15) is 4.79 Å². The minimum atomic E-state index is 0. The maximum absolute atomic E-state index is 12.0. The Balaban J connectivity index is 0.000000518. The molecule has 0 saturated heterocycles. The van der Waals surface area contributed by atoms with E-state index in [0.717, 1.165) is 11.1 Å². The maximum Gasteiger partial charge on any atom is 1.00 e. The Hall–Kier alpha value is -0.863. The van der Waals surface area contributed by atoms with Gasteiger partial charge in [-0.25, -0.2) is 0 Å². The van der Waals surface area contributed by atoms with Crippen LogP contribution < -0.4 is 18.9 Å². The molecule has 2 aromatic carbocycles. The largest absolute Gasteiger partial charge is 1.00 e. The molecular weight excluding hydrogens is 282 g/mol. The van der Waals surface area contributed by atoms with Gasteiger partial charge in [0.1, 0.15) is 0 Å². The molecule has 1 fully saturated rings. The van der Waals surface area contributed by atoms with Crippen LogP contribution in [0.15, 0.2) is 60.7 Å². The molecule has 0 radical (unpaired) electrons. The van der Waals surface area contributed by atoms with Crippen LogP contribution in [0.4, 0.5) is 0 Å². The zero-order valence-corrected chi connectivity index (χ0v) is 14.6. The summed E-state index contributed by atoms with van der Waals surface area (Å²) < 4.78 is 0. The van der Waals surface area contributed by atoms with Gasteiger partial charge in [0.05, 0.1) is 0 Å². The van der Waals surface area contributed by atoms with E-state index in [1.165, 1.54) is 25.7 Å². The molecule has 1 saturated carbocycles. The summed E-state index contributed by atoms with van der Waals surface area (Å²) in [6.45, 7) is 2.02. The van der Waals surface area contributed by atoms with Crippen LogP contribution in [0, 0.1) is 6.92 Å². The normalized spacial score (nSPS) is 14.2. The first kappa shape index (κ1) is 19.2. The van der Waals surface area contributed by atoms with Gasteiger partial charge in [-0.1, -0.05) is 73.5 Å². The van der Waals surface area contributed by atoms with Gasteiger partial charge in [0.2, 0.25) is 0 Å². The van der Waals surface area contributed by atoms with E-state index in [-0.39, 0.29) is 20.3 Å². The average Bonchev–Trinajstić information content (AvgIpc) is 3.03. The van der Waals surface area contributed by atoms with Crippen molar-refractivity contribution in [1.82, 2.24) is 0 Å². The Morgan fingerprint density at radius 3 is 1.95 bits per heavy atom. The molecule has 112 valence electrons. The first-order valence-corrected chi connectivity index (χ1v) is 8.71. The molecule has 1 aliphatic carbocycles. The van der Waals surface area contributed by atoms with Gasteiger partial charge in [0, 0.05) is 5.56 Å². The van der Waals surface area contributed by atoms with E-state index < -0.39 is 0 Å². The second-order valence-corrected chi connectivity index (χ2v) is 6.98. The van der Waals surface area contributed by atoms with Gasteiger partial charge in [-0.2, -0.15) is 0 Å². The van der Waals surface area contributed by atoms with Crippen molar-refractivity contribution in [3.8, 4) is 0 Å². The van der Waals surface area contributed by atoms with Gasteiger partial charge in [0.15, 0.2) is 5.52 Å². The third-order valence-corrected chi connectivity index (χ3v) is 5.26. The number of hydrogen-bond acceptors (Lipinski definition) is 1. The van der Waals surface area contributed by atoms with Gasteiger partial charge < -0.3 is 1.43 Å². The van der Waals surface area contributed by atoms with Crippen molar-refractivity contribution in [1.29, 1.82) is 0 Å². The van der Waals surface area contributed by atoms with Gasteiger partial charge in [-0.05, 0) is 39.6 Å². The first-order chi connectivity index (χ1) is 10.3. The van der Waals surface area contributed by atoms with Crippen LogP contribution in [-0.4, -0.2) is 11.2 Å². The fourth-order valence-corrected chi connectivity index (χ4v) is 4.05. The molecule has 3 rings (SSSR count). The molecule has 0 bridgehead atoms. The summed E-state index contributed by atoms with van der Waals surface area (Å²) in [5, 5.41) is 0.